The number of hydrogen-bond acceptors (Lipinski definition) is 5. The Balaban J connectivity index is 1.86. The van der Waals surface area contributed by atoms with Crippen molar-refractivity contribution in [2.24, 2.45) is 0 Å². The van der Waals surface area contributed by atoms with Gasteiger partial charge in [-0.05, 0) is 23.9 Å². The average molecular weight is 427 g/mol. The van der Waals surface area contributed by atoms with Crippen molar-refractivity contribution in [3.05, 3.63) is 40.3 Å². The lowest BCUT2D eigenvalue weighted by molar-refractivity contribution is -0.140. The molecule has 1 aromatic carbocycles. The number of thiophene rings is 1. The van der Waals surface area contributed by atoms with Gasteiger partial charge in [0.15, 0.2) is 12.4 Å². The van der Waals surface area contributed by atoms with E-state index in [4.69, 9.17) is 11.2 Å². The van der Waals surface area contributed by atoms with E-state index in [1.807, 2.05) is 12.3 Å². The first-order valence-corrected chi connectivity index (χ1v) is 10.2. The number of rotatable bonds is 5. The monoisotopic (exact) mass is 427 g/mol. The van der Waals surface area contributed by atoms with Gasteiger partial charge in [-0.3, -0.25) is 24.2 Å². The normalized spacial score (nSPS) is 18.5. The molecule has 1 saturated heterocycles. The number of nitrogens with zero attached hydrogens (tertiary/aromatic N) is 3. The van der Waals surface area contributed by atoms with Crippen molar-refractivity contribution >= 4 is 40.4 Å². The average Bonchev–Trinajstić information content (AvgIpc) is 3.33. The van der Waals surface area contributed by atoms with Gasteiger partial charge >= 0.3 is 11.8 Å². The predicted octanol–water partition coefficient (Wildman–Crippen LogP) is 2.53. The first-order chi connectivity index (χ1) is 14.5. The number of carbonyl (C=O) groups is 3. The molecule has 0 aliphatic carbocycles. The van der Waals surface area contributed by atoms with Crippen LogP contribution in [0.1, 0.15) is 24.4 Å². The number of amides is 3. The maximum atomic E-state index is 15.1. The van der Waals surface area contributed by atoms with E-state index in [-0.39, 0.29) is 36.2 Å². The Bertz CT molecular complexity index is 1060. The number of carbonyl (C=O) groups excluding carboxylic acids is 3. The molecule has 1 atom stereocenters. The van der Waals surface area contributed by atoms with Gasteiger partial charge in [0.1, 0.15) is 11.9 Å². The molecule has 30 heavy (non-hydrogen) atoms. The molecular weight excluding hydrogens is 409 g/mol. The lowest BCUT2D eigenvalue weighted by atomic mass is 10.1. The second kappa shape index (κ2) is 7.80. The molecule has 7 nitrogen and oxygen atoms in total. The van der Waals surface area contributed by atoms with Crippen LogP contribution < -0.4 is 14.5 Å². The van der Waals surface area contributed by atoms with Crippen molar-refractivity contribution < 1.29 is 23.5 Å². The highest BCUT2D eigenvalue weighted by molar-refractivity contribution is 7.10. The highest BCUT2D eigenvalue weighted by Gasteiger charge is 2.47. The van der Waals surface area contributed by atoms with Crippen LogP contribution in [0.3, 0.4) is 0 Å². The Labute approximate surface area is 176 Å². The molecular formula is C21H18FN3O4S. The molecule has 154 valence electrons. The molecule has 0 N–H and O–H groups in total. The molecule has 0 bridgehead atoms. The minimum absolute atomic E-state index is 0.0243. The quantitative estimate of drug-likeness (QED) is 0.543. The summed E-state index contributed by atoms with van der Waals surface area (Å²) in [4.78, 5) is 42.5. The fraction of sp³-hybridized carbons (Fsp3) is 0.286. The predicted molar refractivity (Wildman–Crippen MR) is 110 cm³/mol. The van der Waals surface area contributed by atoms with Crippen LogP contribution >= 0.6 is 11.3 Å². The number of benzene rings is 1. The van der Waals surface area contributed by atoms with E-state index < -0.39 is 23.8 Å². The van der Waals surface area contributed by atoms with Crippen molar-refractivity contribution in [3.63, 3.8) is 0 Å². The summed E-state index contributed by atoms with van der Waals surface area (Å²) < 4.78 is 20.5. The number of fused-ring (bicyclic) bond motifs is 1. The van der Waals surface area contributed by atoms with Crippen LogP contribution in [0.15, 0.2) is 29.6 Å². The van der Waals surface area contributed by atoms with Gasteiger partial charge in [-0.2, -0.15) is 0 Å². The molecule has 3 heterocycles. The van der Waals surface area contributed by atoms with Gasteiger partial charge in [0.05, 0.1) is 17.9 Å². The van der Waals surface area contributed by atoms with Gasteiger partial charge in [0.2, 0.25) is 0 Å². The summed E-state index contributed by atoms with van der Waals surface area (Å²) in [6, 6.07) is 6.07. The summed E-state index contributed by atoms with van der Waals surface area (Å²) in [5, 5.41) is 1.83. The van der Waals surface area contributed by atoms with Gasteiger partial charge in [0, 0.05) is 17.5 Å². The topological polar surface area (TPSA) is 70.2 Å². The van der Waals surface area contributed by atoms with Crippen molar-refractivity contribution in [1.29, 1.82) is 0 Å². The molecule has 0 spiro atoms. The van der Waals surface area contributed by atoms with E-state index in [0.29, 0.717) is 13.0 Å². The Hall–Kier alpha value is -3.38. The maximum Gasteiger partial charge on any atom is 0.318 e. The van der Waals surface area contributed by atoms with E-state index in [2.05, 4.69) is 5.92 Å². The van der Waals surface area contributed by atoms with E-state index in [1.54, 1.807) is 12.1 Å². The van der Waals surface area contributed by atoms with Crippen molar-refractivity contribution in [2.45, 2.75) is 19.5 Å². The lowest BCUT2D eigenvalue weighted by Gasteiger charge is -2.32. The molecule has 3 amide bonds. The third-order valence-electron chi connectivity index (χ3n) is 4.94. The van der Waals surface area contributed by atoms with Crippen molar-refractivity contribution in [3.8, 4) is 18.1 Å². The van der Waals surface area contributed by atoms with Crippen LogP contribution in [0.5, 0.6) is 5.75 Å². The fourth-order valence-corrected chi connectivity index (χ4v) is 4.50. The Morgan fingerprint density at radius 1 is 1.27 bits per heavy atom. The zero-order valence-electron chi connectivity index (χ0n) is 16.1. The molecule has 1 unspecified atom stereocenters. The van der Waals surface area contributed by atoms with E-state index in [1.165, 1.54) is 27.2 Å². The molecule has 2 aromatic rings. The van der Waals surface area contributed by atoms with Gasteiger partial charge in [-0.1, -0.05) is 18.9 Å². The van der Waals surface area contributed by atoms with Crippen LogP contribution in [0.2, 0.25) is 0 Å². The van der Waals surface area contributed by atoms with Crippen LogP contribution in [0, 0.1) is 18.2 Å². The smallest absolute Gasteiger partial charge is 0.318 e. The minimum atomic E-state index is -0.827. The number of halogens is 1. The summed E-state index contributed by atoms with van der Waals surface area (Å²) in [6.45, 7) is 1.97. The first kappa shape index (κ1) is 19.9. The van der Waals surface area contributed by atoms with Gasteiger partial charge in [-0.15, -0.1) is 17.8 Å². The summed E-state index contributed by atoms with van der Waals surface area (Å²) in [5.74, 6) is -0.0711. The number of anilines is 2. The van der Waals surface area contributed by atoms with Crippen LogP contribution in [-0.2, 0) is 14.4 Å². The molecule has 9 heteroatoms. The third kappa shape index (κ3) is 3.09. The van der Waals surface area contributed by atoms with E-state index in [0.717, 1.165) is 15.8 Å². The first-order valence-electron chi connectivity index (χ1n) is 9.35. The third-order valence-corrected chi connectivity index (χ3v) is 5.86. The van der Waals surface area contributed by atoms with Crippen LogP contribution in [-0.4, -0.2) is 42.3 Å². The number of terminal acetylenes is 1. The van der Waals surface area contributed by atoms with Gasteiger partial charge in [-0.25, -0.2) is 4.39 Å². The lowest BCUT2D eigenvalue weighted by Crippen LogP contribution is -2.39. The Morgan fingerprint density at radius 2 is 2.07 bits per heavy atom. The standard InChI is InChI=1S/C21H18FN3O4S/c1-3-7-23-15-11-14(13(22)10-16(15)29-12-18(23)26)25-19(17-6-5-9-30-17)24(8-4-2)20(27)21(25)28/h1,5-6,9-11,19H,4,7-8,12H2,2H3. The molecule has 4 rings (SSSR count). The van der Waals surface area contributed by atoms with Gasteiger partial charge < -0.3 is 9.64 Å². The SMILES string of the molecule is C#CCN1C(=O)COc2cc(F)c(N3C(=O)C(=O)N(CCC)C3c3cccs3)cc21. The summed E-state index contributed by atoms with van der Waals surface area (Å²) >= 11 is 1.37. The summed E-state index contributed by atoms with van der Waals surface area (Å²) in [5.41, 5.74) is 0.157. The largest absolute Gasteiger partial charge is 0.481 e. The minimum Gasteiger partial charge on any atom is -0.481 e. The number of hydrogen-bond donors (Lipinski definition) is 0. The van der Waals surface area contributed by atoms with E-state index in [9.17, 15) is 14.4 Å². The molecule has 2 aliphatic heterocycles. The Kier molecular flexibility index (Phi) is 5.18. The highest BCUT2D eigenvalue weighted by Crippen LogP contribution is 2.43. The second-order valence-electron chi connectivity index (χ2n) is 6.81. The zero-order valence-corrected chi connectivity index (χ0v) is 16.9. The maximum absolute atomic E-state index is 15.1. The van der Waals surface area contributed by atoms with Crippen LogP contribution in [0.4, 0.5) is 15.8 Å². The Morgan fingerprint density at radius 3 is 2.73 bits per heavy atom. The van der Waals surface area contributed by atoms with Crippen LogP contribution in [0.25, 0.3) is 0 Å². The summed E-state index contributed by atoms with van der Waals surface area (Å²) in [7, 11) is 0. The number of ether oxygens (including phenoxy) is 1. The second-order valence-corrected chi connectivity index (χ2v) is 7.79. The molecule has 1 fully saturated rings. The van der Waals surface area contributed by atoms with E-state index >= 15 is 4.39 Å². The molecule has 2 aliphatic rings. The zero-order chi connectivity index (χ0) is 21.4. The molecule has 0 saturated carbocycles. The molecule has 0 radical (unpaired) electrons. The summed E-state index contributed by atoms with van der Waals surface area (Å²) in [6.07, 6.45) is 5.25. The highest BCUT2D eigenvalue weighted by atomic mass is 32.1. The van der Waals surface area contributed by atoms with Gasteiger partial charge in [0.25, 0.3) is 5.91 Å². The molecule has 1 aromatic heterocycles. The van der Waals surface area contributed by atoms with Crippen molar-refractivity contribution in [2.75, 3.05) is 29.5 Å². The van der Waals surface area contributed by atoms with Crippen molar-refractivity contribution in [1.82, 2.24) is 4.90 Å². The fourth-order valence-electron chi connectivity index (χ4n) is 3.67.